The maximum Gasteiger partial charge on any atom is 0.165 e. The zero-order chi connectivity index (χ0) is 15.6. The molecule has 0 saturated carbocycles. The Labute approximate surface area is 129 Å². The molecule has 0 aliphatic rings. The Hall–Kier alpha value is -1.69. The molecular weight excluding hydrogens is 347 g/mol. The molecular formula is C15H13BrF3NO. The summed E-state index contributed by atoms with van der Waals surface area (Å²) < 4.78 is 45.6. The summed E-state index contributed by atoms with van der Waals surface area (Å²) >= 11 is 3.10. The highest BCUT2D eigenvalue weighted by atomic mass is 79.9. The topological polar surface area (TPSA) is 21.3 Å². The van der Waals surface area contributed by atoms with Crippen LogP contribution in [0.15, 0.2) is 34.8 Å². The second kappa shape index (κ2) is 6.39. The second-order valence-electron chi connectivity index (χ2n) is 4.50. The molecule has 2 aromatic rings. The Morgan fingerprint density at radius 2 is 1.81 bits per heavy atom. The highest BCUT2D eigenvalue weighted by molar-refractivity contribution is 9.10. The molecule has 0 radical (unpaired) electrons. The molecule has 0 spiro atoms. The van der Waals surface area contributed by atoms with Gasteiger partial charge in [0.1, 0.15) is 11.6 Å². The minimum atomic E-state index is -0.720. The molecule has 1 N–H and O–H groups in total. The predicted octanol–water partition coefficient (Wildman–Crippen LogP) is 5.05. The molecule has 21 heavy (non-hydrogen) atoms. The third-order valence-electron chi connectivity index (χ3n) is 3.04. The monoisotopic (exact) mass is 359 g/mol. The van der Waals surface area contributed by atoms with E-state index in [1.165, 1.54) is 19.2 Å². The number of nitrogens with one attached hydrogen (secondary N) is 1. The minimum absolute atomic E-state index is 0.125. The van der Waals surface area contributed by atoms with Crippen molar-refractivity contribution in [3.05, 3.63) is 57.8 Å². The summed E-state index contributed by atoms with van der Waals surface area (Å²) in [6.07, 6.45) is 0. The molecule has 1 atom stereocenters. The third kappa shape index (κ3) is 3.50. The van der Waals surface area contributed by atoms with Gasteiger partial charge in [-0.2, -0.15) is 0 Å². The average Bonchev–Trinajstić information content (AvgIpc) is 2.42. The standard InChI is InChI=1S/C15H13BrF3NO/c1-8(9-3-4-14(21-2)12(18)5-9)20-15-11(16)6-10(17)7-13(15)19/h3-8,20H,1-2H3. The number of rotatable bonds is 4. The van der Waals surface area contributed by atoms with Crippen molar-refractivity contribution in [2.45, 2.75) is 13.0 Å². The van der Waals surface area contributed by atoms with Gasteiger partial charge in [0.25, 0.3) is 0 Å². The van der Waals surface area contributed by atoms with Gasteiger partial charge in [0, 0.05) is 16.6 Å². The van der Waals surface area contributed by atoms with Crippen LogP contribution in [-0.2, 0) is 0 Å². The normalized spacial score (nSPS) is 12.1. The molecule has 2 aromatic carbocycles. The molecule has 0 saturated heterocycles. The van der Waals surface area contributed by atoms with E-state index in [1.807, 2.05) is 0 Å². The van der Waals surface area contributed by atoms with Gasteiger partial charge in [-0.3, -0.25) is 0 Å². The molecule has 0 bridgehead atoms. The molecule has 1 unspecified atom stereocenters. The maximum atomic E-state index is 13.8. The number of hydrogen-bond donors (Lipinski definition) is 1. The van der Waals surface area contributed by atoms with E-state index in [0.717, 1.165) is 12.1 Å². The van der Waals surface area contributed by atoms with Crippen LogP contribution in [0.5, 0.6) is 5.75 Å². The number of anilines is 1. The van der Waals surface area contributed by atoms with E-state index in [0.29, 0.717) is 5.56 Å². The number of hydrogen-bond acceptors (Lipinski definition) is 2. The fraction of sp³-hybridized carbons (Fsp3) is 0.200. The quantitative estimate of drug-likeness (QED) is 0.824. The fourth-order valence-electron chi connectivity index (χ4n) is 1.93. The molecule has 6 heteroatoms. The lowest BCUT2D eigenvalue weighted by Crippen LogP contribution is -2.09. The Bertz CT molecular complexity index is 640. The molecule has 0 fully saturated rings. The lowest BCUT2D eigenvalue weighted by molar-refractivity contribution is 0.386. The fourth-order valence-corrected chi connectivity index (χ4v) is 2.45. The molecule has 0 aliphatic heterocycles. The number of halogens is 4. The molecule has 112 valence electrons. The van der Waals surface area contributed by atoms with E-state index in [1.54, 1.807) is 13.0 Å². The van der Waals surface area contributed by atoms with Gasteiger partial charge in [0.05, 0.1) is 12.8 Å². The summed E-state index contributed by atoms with van der Waals surface area (Å²) in [6, 6.07) is 6.06. The Kier molecular flexibility index (Phi) is 4.77. The van der Waals surface area contributed by atoms with Gasteiger partial charge in [-0.1, -0.05) is 6.07 Å². The van der Waals surface area contributed by atoms with Gasteiger partial charge < -0.3 is 10.1 Å². The van der Waals surface area contributed by atoms with Gasteiger partial charge in [-0.05, 0) is 46.6 Å². The summed E-state index contributed by atoms with van der Waals surface area (Å²) in [5.74, 6) is -1.75. The van der Waals surface area contributed by atoms with E-state index >= 15 is 0 Å². The van der Waals surface area contributed by atoms with E-state index in [4.69, 9.17) is 4.74 Å². The van der Waals surface area contributed by atoms with E-state index < -0.39 is 17.5 Å². The molecule has 0 aliphatic carbocycles. The Morgan fingerprint density at radius 1 is 1.10 bits per heavy atom. The zero-order valence-electron chi connectivity index (χ0n) is 11.4. The molecule has 0 aromatic heterocycles. The van der Waals surface area contributed by atoms with Crippen molar-refractivity contribution < 1.29 is 17.9 Å². The van der Waals surface area contributed by atoms with Crippen molar-refractivity contribution >= 4 is 21.6 Å². The lowest BCUT2D eigenvalue weighted by Gasteiger charge is -2.18. The van der Waals surface area contributed by atoms with Crippen LogP contribution in [0.2, 0.25) is 0 Å². The number of benzene rings is 2. The first-order valence-electron chi connectivity index (χ1n) is 6.17. The first-order valence-corrected chi connectivity index (χ1v) is 6.96. The van der Waals surface area contributed by atoms with Crippen molar-refractivity contribution in [3.63, 3.8) is 0 Å². The van der Waals surface area contributed by atoms with Gasteiger partial charge in [0.15, 0.2) is 11.6 Å². The summed E-state index contributed by atoms with van der Waals surface area (Å²) in [4.78, 5) is 0. The smallest absolute Gasteiger partial charge is 0.165 e. The highest BCUT2D eigenvalue weighted by Crippen LogP contribution is 2.31. The third-order valence-corrected chi connectivity index (χ3v) is 3.67. The van der Waals surface area contributed by atoms with Crippen LogP contribution in [0.4, 0.5) is 18.9 Å². The largest absolute Gasteiger partial charge is 0.494 e. The van der Waals surface area contributed by atoms with Crippen molar-refractivity contribution in [3.8, 4) is 5.75 Å². The summed E-state index contributed by atoms with van der Waals surface area (Å²) in [5, 5.41) is 2.89. The van der Waals surface area contributed by atoms with E-state index in [9.17, 15) is 13.2 Å². The maximum absolute atomic E-state index is 13.8. The summed E-state index contributed by atoms with van der Waals surface area (Å²) in [6.45, 7) is 1.75. The first kappa shape index (κ1) is 15.7. The number of ether oxygens (including phenoxy) is 1. The Morgan fingerprint density at radius 3 is 2.38 bits per heavy atom. The van der Waals surface area contributed by atoms with Crippen LogP contribution in [0.25, 0.3) is 0 Å². The van der Waals surface area contributed by atoms with Gasteiger partial charge in [-0.25, -0.2) is 13.2 Å². The average molecular weight is 360 g/mol. The van der Waals surface area contributed by atoms with E-state index in [-0.39, 0.29) is 22.0 Å². The summed E-state index contributed by atoms with van der Waals surface area (Å²) in [7, 11) is 1.38. The van der Waals surface area contributed by atoms with Crippen LogP contribution >= 0.6 is 15.9 Å². The van der Waals surface area contributed by atoms with Crippen LogP contribution < -0.4 is 10.1 Å². The van der Waals surface area contributed by atoms with Gasteiger partial charge in [0.2, 0.25) is 0 Å². The van der Waals surface area contributed by atoms with Crippen LogP contribution in [0.1, 0.15) is 18.5 Å². The van der Waals surface area contributed by atoms with E-state index in [2.05, 4.69) is 21.2 Å². The molecule has 2 nitrogen and oxygen atoms in total. The van der Waals surface area contributed by atoms with Crippen molar-refractivity contribution in [1.82, 2.24) is 0 Å². The highest BCUT2D eigenvalue weighted by Gasteiger charge is 2.14. The van der Waals surface area contributed by atoms with Gasteiger partial charge >= 0.3 is 0 Å². The molecule has 2 rings (SSSR count). The van der Waals surface area contributed by atoms with Crippen LogP contribution in [0.3, 0.4) is 0 Å². The minimum Gasteiger partial charge on any atom is -0.494 e. The molecule has 0 heterocycles. The van der Waals surface area contributed by atoms with Crippen LogP contribution in [0, 0.1) is 17.5 Å². The number of methoxy groups -OCH3 is 1. The zero-order valence-corrected chi connectivity index (χ0v) is 13.0. The first-order chi connectivity index (χ1) is 9.92. The van der Waals surface area contributed by atoms with Crippen molar-refractivity contribution in [2.75, 3.05) is 12.4 Å². The molecule has 0 amide bonds. The second-order valence-corrected chi connectivity index (χ2v) is 5.36. The SMILES string of the molecule is COc1ccc(C(C)Nc2c(F)cc(F)cc2Br)cc1F. The van der Waals surface area contributed by atoms with Crippen molar-refractivity contribution in [1.29, 1.82) is 0 Å². The van der Waals surface area contributed by atoms with Crippen molar-refractivity contribution in [2.24, 2.45) is 0 Å². The van der Waals surface area contributed by atoms with Crippen LogP contribution in [-0.4, -0.2) is 7.11 Å². The lowest BCUT2D eigenvalue weighted by atomic mass is 10.1. The summed E-state index contributed by atoms with van der Waals surface area (Å²) in [5.41, 5.74) is 0.740. The predicted molar refractivity (Wildman–Crippen MR) is 79.0 cm³/mol. The Balaban J connectivity index is 2.26. The van der Waals surface area contributed by atoms with Gasteiger partial charge in [-0.15, -0.1) is 0 Å².